The summed E-state index contributed by atoms with van der Waals surface area (Å²) in [5.74, 6) is 3.88. The van der Waals surface area contributed by atoms with Crippen molar-refractivity contribution in [3.8, 4) is 45.6 Å². The van der Waals surface area contributed by atoms with Gasteiger partial charge in [-0.25, -0.2) is 4.98 Å². The van der Waals surface area contributed by atoms with E-state index in [1.807, 2.05) is 36.4 Å². The minimum absolute atomic E-state index is 0.0474. The molecule has 0 amide bonds. The molecule has 1 N–H and O–H groups in total. The van der Waals surface area contributed by atoms with Crippen LogP contribution in [-0.4, -0.2) is 36.0 Å². The van der Waals surface area contributed by atoms with Crippen molar-refractivity contribution < 1.29 is 28.5 Å². The second-order valence-corrected chi connectivity index (χ2v) is 6.91. The fourth-order valence-corrected chi connectivity index (χ4v) is 3.53. The third-order valence-corrected chi connectivity index (χ3v) is 5.01. The summed E-state index contributed by atoms with van der Waals surface area (Å²) in [6.07, 6.45) is 0. The average Bonchev–Trinajstić information content (AvgIpc) is 3.43. The molecule has 2 aliphatic rings. The smallest absolute Gasteiger partial charge is 0.256 e. The van der Waals surface area contributed by atoms with Crippen LogP contribution >= 0.6 is 11.8 Å². The van der Waals surface area contributed by atoms with E-state index in [9.17, 15) is 0 Å². The van der Waals surface area contributed by atoms with Gasteiger partial charge < -0.3 is 28.5 Å². The number of ether oxygens (including phenoxy) is 4. The summed E-state index contributed by atoms with van der Waals surface area (Å²) in [6, 6.07) is 11.3. The topological polar surface area (TPSA) is 83.2 Å². The normalized spacial score (nSPS) is 14.0. The molecule has 5 rings (SSSR count). The summed E-state index contributed by atoms with van der Waals surface area (Å²) in [6.45, 7) is 0.470. The van der Waals surface area contributed by atoms with Crippen LogP contribution < -0.4 is 18.9 Å². The largest absolute Gasteiger partial charge is 0.454 e. The molecule has 0 aliphatic carbocycles. The minimum Gasteiger partial charge on any atom is -0.454 e. The molecule has 0 unspecified atom stereocenters. The van der Waals surface area contributed by atoms with Crippen LogP contribution in [0.15, 0.2) is 46.0 Å². The zero-order chi connectivity index (χ0) is 18.2. The van der Waals surface area contributed by atoms with E-state index < -0.39 is 0 Å². The number of thioether (sulfide) groups is 1. The molecule has 0 fully saturated rings. The van der Waals surface area contributed by atoms with Crippen LogP contribution in [-0.2, 0) is 0 Å². The van der Waals surface area contributed by atoms with E-state index in [0.717, 1.165) is 11.1 Å². The first-order chi connectivity index (χ1) is 13.3. The number of rotatable bonds is 5. The van der Waals surface area contributed by atoms with Crippen LogP contribution in [0.2, 0.25) is 0 Å². The van der Waals surface area contributed by atoms with Gasteiger partial charge >= 0.3 is 0 Å². The number of oxazole rings is 1. The number of fused-ring (bicyclic) bond motifs is 2. The van der Waals surface area contributed by atoms with Crippen LogP contribution in [0.3, 0.4) is 0 Å². The van der Waals surface area contributed by atoms with Crippen LogP contribution in [0.25, 0.3) is 22.6 Å². The molecule has 0 atom stereocenters. The van der Waals surface area contributed by atoms with E-state index in [1.54, 1.807) is 0 Å². The second-order valence-electron chi connectivity index (χ2n) is 5.87. The molecule has 7 nitrogen and oxygen atoms in total. The SMILES string of the molecule is OCCSc1nc(-c2ccc3c(c2)OCO3)c(-c2ccc3c(c2)OCO3)o1. The molecular weight excluding hydrogens is 370 g/mol. The molecule has 3 heterocycles. The van der Waals surface area contributed by atoms with Gasteiger partial charge in [-0.1, -0.05) is 11.8 Å². The first kappa shape index (κ1) is 16.3. The molecule has 0 saturated heterocycles. The number of aliphatic hydroxyl groups excluding tert-OH is 1. The van der Waals surface area contributed by atoms with Crippen molar-refractivity contribution >= 4 is 11.8 Å². The quantitative estimate of drug-likeness (QED) is 0.668. The molecule has 138 valence electrons. The highest BCUT2D eigenvalue weighted by molar-refractivity contribution is 7.99. The Bertz CT molecular complexity index is 927. The molecule has 1 aromatic heterocycles. The number of benzene rings is 2. The van der Waals surface area contributed by atoms with Gasteiger partial charge in [0, 0.05) is 16.9 Å². The van der Waals surface area contributed by atoms with Crippen molar-refractivity contribution in [1.82, 2.24) is 4.98 Å². The maximum Gasteiger partial charge on any atom is 0.256 e. The Kier molecular flexibility index (Phi) is 4.06. The average molecular weight is 385 g/mol. The van der Waals surface area contributed by atoms with Crippen molar-refractivity contribution in [2.24, 2.45) is 0 Å². The van der Waals surface area contributed by atoms with Crippen molar-refractivity contribution in [1.29, 1.82) is 0 Å². The fourth-order valence-electron chi connectivity index (χ4n) is 2.97. The van der Waals surface area contributed by atoms with Crippen LogP contribution in [0.1, 0.15) is 0 Å². The van der Waals surface area contributed by atoms with E-state index in [1.165, 1.54) is 11.8 Å². The van der Waals surface area contributed by atoms with Gasteiger partial charge in [-0.15, -0.1) is 0 Å². The summed E-state index contributed by atoms with van der Waals surface area (Å²) in [5, 5.41) is 9.59. The first-order valence-electron chi connectivity index (χ1n) is 8.36. The van der Waals surface area contributed by atoms with Gasteiger partial charge in [0.1, 0.15) is 5.69 Å². The Labute approximate surface area is 158 Å². The van der Waals surface area contributed by atoms with Crippen molar-refractivity contribution in [2.75, 3.05) is 25.9 Å². The van der Waals surface area contributed by atoms with Crippen LogP contribution in [0, 0.1) is 0 Å². The third-order valence-electron chi connectivity index (χ3n) is 4.21. The molecule has 3 aromatic rings. The summed E-state index contributed by atoms with van der Waals surface area (Å²) < 4.78 is 27.7. The molecule has 0 spiro atoms. The molecule has 2 aliphatic heterocycles. The lowest BCUT2D eigenvalue weighted by atomic mass is 10.0. The van der Waals surface area contributed by atoms with Gasteiger partial charge in [-0.2, -0.15) is 0 Å². The third kappa shape index (κ3) is 2.96. The number of hydrogen-bond donors (Lipinski definition) is 1. The lowest BCUT2D eigenvalue weighted by molar-refractivity contribution is 0.173. The van der Waals surface area contributed by atoms with Gasteiger partial charge in [-0.3, -0.25) is 0 Å². The van der Waals surface area contributed by atoms with Gasteiger partial charge in [-0.05, 0) is 36.4 Å². The van der Waals surface area contributed by atoms with Crippen molar-refractivity contribution in [3.63, 3.8) is 0 Å². The maximum atomic E-state index is 9.10. The summed E-state index contributed by atoms with van der Waals surface area (Å²) in [5.41, 5.74) is 2.37. The Hall–Kier alpha value is -2.84. The zero-order valence-electron chi connectivity index (χ0n) is 14.1. The van der Waals surface area contributed by atoms with Gasteiger partial charge in [0.25, 0.3) is 5.22 Å². The molecule has 0 saturated carbocycles. The van der Waals surface area contributed by atoms with Gasteiger partial charge in [0.15, 0.2) is 28.8 Å². The Morgan fingerprint density at radius 2 is 1.48 bits per heavy atom. The summed E-state index contributed by atoms with van der Waals surface area (Å²) in [7, 11) is 0. The van der Waals surface area contributed by atoms with Crippen molar-refractivity contribution in [2.45, 2.75) is 5.22 Å². The Balaban J connectivity index is 1.60. The van der Waals surface area contributed by atoms with E-state index in [0.29, 0.717) is 45.4 Å². The molecular formula is C19H15NO6S. The lowest BCUT2D eigenvalue weighted by Crippen LogP contribution is -1.92. The molecule has 0 bridgehead atoms. The minimum atomic E-state index is 0.0474. The molecule has 0 radical (unpaired) electrons. The molecule has 2 aromatic carbocycles. The monoisotopic (exact) mass is 385 g/mol. The zero-order valence-corrected chi connectivity index (χ0v) is 15.0. The second kappa shape index (κ2) is 6.71. The fraction of sp³-hybridized carbons (Fsp3) is 0.211. The predicted molar refractivity (Wildman–Crippen MR) is 97.4 cm³/mol. The maximum absolute atomic E-state index is 9.10. The van der Waals surface area contributed by atoms with Crippen molar-refractivity contribution in [3.05, 3.63) is 36.4 Å². The Morgan fingerprint density at radius 3 is 2.19 bits per heavy atom. The standard InChI is InChI=1S/C19H15NO6S/c21-5-6-27-19-20-17(11-1-3-13-15(7-11)24-9-22-13)18(26-19)12-2-4-14-16(8-12)25-10-23-14/h1-4,7-8,21H,5-6,9-10H2. The molecule has 8 heteroatoms. The van der Waals surface area contributed by atoms with E-state index in [2.05, 4.69) is 4.98 Å². The summed E-state index contributed by atoms with van der Waals surface area (Å²) >= 11 is 1.36. The molecule has 27 heavy (non-hydrogen) atoms. The van der Waals surface area contributed by atoms with E-state index in [-0.39, 0.29) is 20.2 Å². The number of nitrogens with zero attached hydrogens (tertiary/aromatic N) is 1. The van der Waals surface area contributed by atoms with Crippen LogP contribution in [0.4, 0.5) is 0 Å². The highest BCUT2D eigenvalue weighted by atomic mass is 32.2. The van der Waals surface area contributed by atoms with Gasteiger partial charge in [0.2, 0.25) is 13.6 Å². The van der Waals surface area contributed by atoms with E-state index >= 15 is 0 Å². The first-order valence-corrected chi connectivity index (χ1v) is 9.35. The predicted octanol–water partition coefficient (Wildman–Crippen LogP) is 3.55. The number of hydrogen-bond acceptors (Lipinski definition) is 8. The number of aromatic nitrogens is 1. The van der Waals surface area contributed by atoms with Gasteiger partial charge in [0.05, 0.1) is 6.61 Å². The lowest BCUT2D eigenvalue weighted by Gasteiger charge is -2.04. The number of aliphatic hydroxyl groups is 1. The highest BCUT2D eigenvalue weighted by Crippen LogP contribution is 2.43. The highest BCUT2D eigenvalue weighted by Gasteiger charge is 2.23. The van der Waals surface area contributed by atoms with Crippen LogP contribution in [0.5, 0.6) is 23.0 Å². The summed E-state index contributed by atoms with van der Waals surface area (Å²) in [4.78, 5) is 4.63. The van der Waals surface area contributed by atoms with E-state index in [4.69, 9.17) is 28.5 Å². The Morgan fingerprint density at radius 1 is 0.852 bits per heavy atom.